The number of amides is 2. The number of hydrogen-bond acceptors (Lipinski definition) is 4. The molecule has 37 heavy (non-hydrogen) atoms. The second-order valence-corrected chi connectivity index (χ2v) is 10.6. The Morgan fingerprint density at radius 1 is 0.730 bits per heavy atom. The highest BCUT2D eigenvalue weighted by Crippen LogP contribution is 2.55. The van der Waals surface area contributed by atoms with Crippen molar-refractivity contribution in [2.45, 2.75) is 5.92 Å². The summed E-state index contributed by atoms with van der Waals surface area (Å²) in [5.41, 5.74) is 2.98. The van der Waals surface area contributed by atoms with E-state index in [1.807, 2.05) is 72.8 Å². The highest BCUT2D eigenvalue weighted by molar-refractivity contribution is 9.10. The number of hydrogen-bond donors (Lipinski definition) is 0. The third kappa shape index (κ3) is 3.25. The third-order valence-corrected chi connectivity index (χ3v) is 8.28. The molecule has 4 aromatic carbocycles. The number of esters is 1. The van der Waals surface area contributed by atoms with E-state index in [4.69, 9.17) is 4.74 Å². The Bertz CT molecular complexity index is 1640. The number of imide groups is 1. The normalized spacial score (nSPS) is 24.3. The number of carbonyl (C=O) groups is 3. The van der Waals surface area contributed by atoms with Crippen molar-refractivity contribution in [3.05, 3.63) is 113 Å². The lowest BCUT2D eigenvalue weighted by Crippen LogP contribution is -2.42. The first-order chi connectivity index (χ1) is 18.0. The maximum atomic E-state index is 14.0. The molecule has 2 heterocycles. The van der Waals surface area contributed by atoms with Crippen LogP contribution in [0, 0.1) is 17.8 Å². The molecule has 1 fully saturated rings. The first kappa shape index (κ1) is 22.2. The van der Waals surface area contributed by atoms with Gasteiger partial charge in [-0.3, -0.25) is 14.4 Å². The van der Waals surface area contributed by atoms with Crippen LogP contribution >= 0.6 is 15.9 Å². The Labute approximate surface area is 221 Å². The summed E-state index contributed by atoms with van der Waals surface area (Å²) >= 11 is 3.41. The average Bonchev–Trinajstić information content (AvgIpc) is 3.19. The maximum absolute atomic E-state index is 14.0. The van der Waals surface area contributed by atoms with Gasteiger partial charge in [0.25, 0.3) is 0 Å². The van der Waals surface area contributed by atoms with Crippen LogP contribution in [0.5, 0.6) is 5.75 Å². The van der Waals surface area contributed by atoms with Crippen LogP contribution in [-0.4, -0.2) is 17.8 Å². The topological polar surface area (TPSA) is 63.7 Å². The fourth-order valence-electron chi connectivity index (χ4n) is 6.13. The lowest BCUT2D eigenvalue weighted by Gasteiger charge is -2.38. The molecule has 2 amide bonds. The smallest absolute Gasteiger partial charge is 0.319 e. The van der Waals surface area contributed by atoms with E-state index >= 15 is 0 Å². The molecule has 3 aliphatic rings. The molecular formula is C31H20BrNO4. The van der Waals surface area contributed by atoms with Crippen molar-refractivity contribution in [1.82, 2.24) is 0 Å². The monoisotopic (exact) mass is 549 g/mol. The van der Waals surface area contributed by atoms with E-state index in [0.29, 0.717) is 11.4 Å². The van der Waals surface area contributed by atoms with E-state index in [0.717, 1.165) is 31.9 Å². The number of rotatable bonds is 2. The zero-order chi connectivity index (χ0) is 25.3. The molecule has 4 atom stereocenters. The molecular weight excluding hydrogens is 530 g/mol. The van der Waals surface area contributed by atoms with Gasteiger partial charge in [0.1, 0.15) is 5.75 Å². The lowest BCUT2D eigenvalue weighted by molar-refractivity contribution is -0.142. The standard InChI is InChI=1S/C31H20BrNO4/c32-19-11-13-20(14-12-19)33-29(34)25-23(17-6-2-1-3-7-17)16-24-22-15-10-18-8-4-5-9-21(18)28(22)37-31(36)26(24)27(25)30(33)35/h1-16,23,25-27H/t23-,25+,26+,27+/m1/s1. The van der Waals surface area contributed by atoms with E-state index in [2.05, 4.69) is 15.9 Å². The van der Waals surface area contributed by atoms with Gasteiger partial charge >= 0.3 is 5.97 Å². The molecule has 6 heteroatoms. The Morgan fingerprint density at radius 3 is 2.22 bits per heavy atom. The molecule has 0 N–H and O–H groups in total. The molecule has 2 aliphatic heterocycles. The average molecular weight is 550 g/mol. The Morgan fingerprint density at radius 2 is 1.43 bits per heavy atom. The van der Waals surface area contributed by atoms with E-state index in [1.165, 1.54) is 4.90 Å². The highest BCUT2D eigenvalue weighted by atomic mass is 79.9. The van der Waals surface area contributed by atoms with Crippen LogP contribution in [0.3, 0.4) is 0 Å². The molecule has 1 saturated heterocycles. The summed E-state index contributed by atoms with van der Waals surface area (Å²) in [6.07, 6.45) is 2.02. The SMILES string of the molecule is O=C1Oc2c(ccc3ccccc23)C2=C[C@H](c3ccccc3)[C@@H]3C(=O)N(c4ccc(Br)cc4)C(=O)[C@@H]3[C@@H]12. The van der Waals surface area contributed by atoms with E-state index in [9.17, 15) is 14.4 Å². The fraction of sp³-hybridized carbons (Fsp3) is 0.129. The molecule has 4 aromatic rings. The summed E-state index contributed by atoms with van der Waals surface area (Å²) in [5.74, 6) is -3.41. The number of allylic oxidation sites excluding steroid dienone is 1. The van der Waals surface area contributed by atoms with E-state index in [-0.39, 0.29) is 17.7 Å². The number of carbonyl (C=O) groups excluding carboxylic acids is 3. The van der Waals surface area contributed by atoms with Gasteiger partial charge in [0.2, 0.25) is 11.8 Å². The molecule has 0 unspecified atom stereocenters. The van der Waals surface area contributed by atoms with Gasteiger partial charge in [0.05, 0.1) is 23.4 Å². The van der Waals surface area contributed by atoms with Gasteiger partial charge in [0.15, 0.2) is 0 Å². The predicted molar refractivity (Wildman–Crippen MR) is 144 cm³/mol. The summed E-state index contributed by atoms with van der Waals surface area (Å²) in [5, 5.41) is 1.81. The second-order valence-electron chi connectivity index (χ2n) is 9.66. The van der Waals surface area contributed by atoms with Gasteiger partial charge in [-0.05, 0) is 40.8 Å². The molecule has 0 bridgehead atoms. The Kier molecular flexibility index (Phi) is 4.95. The summed E-state index contributed by atoms with van der Waals surface area (Å²) < 4.78 is 6.78. The molecule has 5 nitrogen and oxygen atoms in total. The van der Waals surface area contributed by atoms with Crippen LogP contribution in [0.2, 0.25) is 0 Å². The van der Waals surface area contributed by atoms with Gasteiger partial charge in [0, 0.05) is 21.3 Å². The summed E-state index contributed by atoms with van der Waals surface area (Å²) in [7, 11) is 0. The first-order valence-corrected chi connectivity index (χ1v) is 13.0. The van der Waals surface area contributed by atoms with Crippen molar-refractivity contribution in [3.8, 4) is 5.75 Å². The number of benzene rings is 4. The minimum absolute atomic E-state index is 0.293. The van der Waals surface area contributed by atoms with Crippen molar-refractivity contribution in [2.24, 2.45) is 17.8 Å². The Hall–Kier alpha value is -4.03. The van der Waals surface area contributed by atoms with Crippen LogP contribution < -0.4 is 9.64 Å². The number of fused-ring (bicyclic) bond motifs is 7. The molecule has 0 saturated carbocycles. The van der Waals surface area contributed by atoms with Gasteiger partial charge < -0.3 is 4.74 Å². The minimum Gasteiger partial charge on any atom is -0.425 e. The van der Waals surface area contributed by atoms with Crippen LogP contribution in [0.25, 0.3) is 16.3 Å². The zero-order valence-corrected chi connectivity index (χ0v) is 21.1. The molecule has 0 radical (unpaired) electrons. The largest absolute Gasteiger partial charge is 0.425 e. The van der Waals surface area contributed by atoms with Crippen LogP contribution in [0.1, 0.15) is 17.0 Å². The van der Waals surface area contributed by atoms with Crippen LogP contribution in [-0.2, 0) is 14.4 Å². The number of anilines is 1. The Balaban J connectivity index is 1.44. The summed E-state index contributed by atoms with van der Waals surface area (Å²) in [6, 6.07) is 28.5. The van der Waals surface area contributed by atoms with Crippen LogP contribution in [0.15, 0.2) is 102 Å². The number of nitrogens with zero attached hydrogens (tertiary/aromatic N) is 1. The third-order valence-electron chi connectivity index (χ3n) is 7.75. The highest BCUT2D eigenvalue weighted by Gasteiger charge is 2.60. The lowest BCUT2D eigenvalue weighted by atomic mass is 9.64. The zero-order valence-electron chi connectivity index (χ0n) is 19.5. The van der Waals surface area contributed by atoms with Gasteiger partial charge in [-0.15, -0.1) is 0 Å². The van der Waals surface area contributed by atoms with Gasteiger partial charge in [-0.25, -0.2) is 4.90 Å². The molecule has 0 spiro atoms. The van der Waals surface area contributed by atoms with Crippen molar-refractivity contribution >= 4 is 55.7 Å². The minimum atomic E-state index is -0.853. The van der Waals surface area contributed by atoms with Gasteiger partial charge in [-0.2, -0.15) is 0 Å². The van der Waals surface area contributed by atoms with Gasteiger partial charge in [-0.1, -0.05) is 88.7 Å². The quantitative estimate of drug-likeness (QED) is 0.171. The molecule has 1 aliphatic carbocycles. The van der Waals surface area contributed by atoms with Crippen molar-refractivity contribution in [1.29, 1.82) is 0 Å². The van der Waals surface area contributed by atoms with Crippen molar-refractivity contribution < 1.29 is 19.1 Å². The second kappa shape index (κ2) is 8.25. The maximum Gasteiger partial charge on any atom is 0.319 e. The molecule has 180 valence electrons. The predicted octanol–water partition coefficient (Wildman–Crippen LogP) is 6.12. The number of ether oxygens (including phenoxy) is 1. The fourth-order valence-corrected chi connectivity index (χ4v) is 6.40. The molecule has 0 aromatic heterocycles. The van der Waals surface area contributed by atoms with E-state index < -0.39 is 23.7 Å². The van der Waals surface area contributed by atoms with Crippen molar-refractivity contribution in [3.63, 3.8) is 0 Å². The van der Waals surface area contributed by atoms with Crippen LogP contribution in [0.4, 0.5) is 5.69 Å². The molecule has 7 rings (SSSR count). The number of halogens is 1. The summed E-state index contributed by atoms with van der Waals surface area (Å²) in [4.78, 5) is 42.8. The summed E-state index contributed by atoms with van der Waals surface area (Å²) in [6.45, 7) is 0. The van der Waals surface area contributed by atoms with Crippen molar-refractivity contribution in [2.75, 3.05) is 4.90 Å². The van der Waals surface area contributed by atoms with E-state index in [1.54, 1.807) is 24.3 Å². The first-order valence-electron chi connectivity index (χ1n) is 12.2.